The van der Waals surface area contributed by atoms with Crippen LogP contribution in [0.25, 0.3) is 0 Å². The molecule has 0 aromatic carbocycles. The molecule has 82 valence electrons. The molecule has 1 N–H and O–H groups in total. The van der Waals surface area contributed by atoms with Crippen LogP contribution in [0.4, 0.5) is 13.2 Å². The molecule has 0 radical (unpaired) electrons. The van der Waals surface area contributed by atoms with E-state index in [0.29, 0.717) is 5.69 Å². The number of nitrogens with one attached hydrogen (secondary N) is 1. The van der Waals surface area contributed by atoms with Crippen LogP contribution in [0.15, 0.2) is 18.3 Å². The molecule has 1 rings (SSSR count). The number of hydrogen-bond donors (Lipinski definition) is 1. The van der Waals surface area contributed by atoms with E-state index < -0.39 is 12.1 Å². The van der Waals surface area contributed by atoms with Gasteiger partial charge >= 0.3 is 12.1 Å². The summed E-state index contributed by atoms with van der Waals surface area (Å²) in [5.41, 5.74) is 1.16. The molecule has 1 aromatic rings. The predicted molar refractivity (Wildman–Crippen MR) is 46.9 cm³/mol. The summed E-state index contributed by atoms with van der Waals surface area (Å²) in [4.78, 5) is 14.3. The van der Waals surface area contributed by atoms with Gasteiger partial charge in [0.1, 0.15) is 0 Å². The van der Waals surface area contributed by atoms with Crippen LogP contribution in [-0.4, -0.2) is 17.1 Å². The zero-order valence-corrected chi connectivity index (χ0v) is 7.93. The van der Waals surface area contributed by atoms with Crippen LogP contribution in [0.2, 0.25) is 0 Å². The lowest BCUT2D eigenvalue weighted by Crippen LogP contribution is -2.36. The van der Waals surface area contributed by atoms with Crippen LogP contribution in [0, 0.1) is 6.92 Å². The van der Waals surface area contributed by atoms with Crippen molar-refractivity contribution in [2.75, 3.05) is 0 Å². The molecule has 6 heteroatoms. The number of amides is 1. The maximum Gasteiger partial charge on any atom is 0.471 e. The first-order chi connectivity index (χ1) is 6.91. The van der Waals surface area contributed by atoms with E-state index in [-0.39, 0.29) is 6.54 Å². The first-order valence-electron chi connectivity index (χ1n) is 4.17. The van der Waals surface area contributed by atoms with Crippen LogP contribution in [-0.2, 0) is 11.3 Å². The Bertz CT molecular complexity index is 363. The van der Waals surface area contributed by atoms with Crippen molar-refractivity contribution in [1.29, 1.82) is 0 Å². The topological polar surface area (TPSA) is 42.0 Å². The lowest BCUT2D eigenvalue weighted by atomic mass is 10.2. The molecule has 0 aliphatic heterocycles. The molecule has 0 saturated carbocycles. The fourth-order valence-corrected chi connectivity index (χ4v) is 0.968. The number of aryl methyl sites for hydroxylation is 1. The van der Waals surface area contributed by atoms with E-state index in [2.05, 4.69) is 4.98 Å². The maximum atomic E-state index is 11.8. The molecule has 0 spiro atoms. The maximum absolute atomic E-state index is 11.8. The lowest BCUT2D eigenvalue weighted by molar-refractivity contribution is -0.173. The summed E-state index contributed by atoms with van der Waals surface area (Å²) >= 11 is 0. The molecule has 0 fully saturated rings. The third kappa shape index (κ3) is 3.23. The highest BCUT2D eigenvalue weighted by molar-refractivity contribution is 5.81. The van der Waals surface area contributed by atoms with Crippen molar-refractivity contribution in [1.82, 2.24) is 10.3 Å². The molecule has 0 atom stereocenters. The van der Waals surface area contributed by atoms with Crippen molar-refractivity contribution in [3.63, 3.8) is 0 Å². The zero-order chi connectivity index (χ0) is 11.5. The summed E-state index contributed by atoms with van der Waals surface area (Å²) in [5.74, 6) is -1.95. The van der Waals surface area contributed by atoms with Crippen molar-refractivity contribution < 1.29 is 18.0 Å². The monoisotopic (exact) mass is 218 g/mol. The van der Waals surface area contributed by atoms with E-state index >= 15 is 0 Å². The number of carbonyl (C=O) groups is 1. The molecule has 0 bridgehead atoms. The second kappa shape index (κ2) is 4.29. The van der Waals surface area contributed by atoms with Gasteiger partial charge in [0.15, 0.2) is 0 Å². The molecule has 1 heterocycles. The second-order valence-electron chi connectivity index (χ2n) is 2.95. The van der Waals surface area contributed by atoms with Crippen molar-refractivity contribution in [3.05, 3.63) is 29.6 Å². The van der Waals surface area contributed by atoms with Gasteiger partial charge in [0.05, 0.1) is 12.2 Å². The van der Waals surface area contributed by atoms with Gasteiger partial charge in [-0.2, -0.15) is 13.2 Å². The molecular formula is C9H9F3N2O. The first-order valence-corrected chi connectivity index (χ1v) is 4.17. The van der Waals surface area contributed by atoms with Crippen LogP contribution in [0.1, 0.15) is 11.3 Å². The van der Waals surface area contributed by atoms with Crippen molar-refractivity contribution in [2.45, 2.75) is 19.6 Å². The van der Waals surface area contributed by atoms with Gasteiger partial charge in [-0.15, -0.1) is 0 Å². The van der Waals surface area contributed by atoms with E-state index in [1.807, 2.05) is 0 Å². The Hall–Kier alpha value is -1.59. The molecule has 0 saturated heterocycles. The highest BCUT2D eigenvalue weighted by Gasteiger charge is 2.38. The summed E-state index contributed by atoms with van der Waals surface area (Å²) in [6.45, 7) is 1.49. The number of alkyl halides is 3. The number of carbonyl (C=O) groups excluding carboxylic acids is 1. The number of rotatable bonds is 2. The minimum atomic E-state index is -4.84. The number of pyridine rings is 1. The van der Waals surface area contributed by atoms with E-state index in [0.717, 1.165) is 5.56 Å². The summed E-state index contributed by atoms with van der Waals surface area (Å²) in [6, 6.07) is 3.38. The third-order valence-corrected chi connectivity index (χ3v) is 1.79. The van der Waals surface area contributed by atoms with Gasteiger partial charge in [0, 0.05) is 6.20 Å². The van der Waals surface area contributed by atoms with Crippen molar-refractivity contribution in [2.24, 2.45) is 0 Å². The summed E-state index contributed by atoms with van der Waals surface area (Å²) in [6.07, 6.45) is -3.38. The third-order valence-electron chi connectivity index (χ3n) is 1.79. The van der Waals surface area contributed by atoms with Gasteiger partial charge in [0.25, 0.3) is 0 Å². The average Bonchev–Trinajstić information content (AvgIpc) is 2.14. The van der Waals surface area contributed by atoms with Crippen LogP contribution >= 0.6 is 0 Å². The highest BCUT2D eigenvalue weighted by atomic mass is 19.4. The Kier molecular flexibility index (Phi) is 3.28. The minimum absolute atomic E-state index is 0.217. The fourth-order valence-electron chi connectivity index (χ4n) is 0.968. The van der Waals surface area contributed by atoms with E-state index in [1.165, 1.54) is 6.20 Å². The van der Waals surface area contributed by atoms with E-state index in [1.54, 1.807) is 24.4 Å². The molecule has 1 aromatic heterocycles. The standard InChI is InChI=1S/C9H9F3N2O/c1-6-3-2-4-13-7(6)5-14-8(15)9(10,11)12/h2-4H,5H2,1H3,(H,14,15). The van der Waals surface area contributed by atoms with Crippen molar-refractivity contribution >= 4 is 5.91 Å². The fraction of sp³-hybridized carbons (Fsp3) is 0.333. The van der Waals surface area contributed by atoms with Gasteiger partial charge in [-0.3, -0.25) is 9.78 Å². The molecule has 0 unspecified atom stereocenters. The van der Waals surface area contributed by atoms with Gasteiger partial charge in [-0.25, -0.2) is 0 Å². The largest absolute Gasteiger partial charge is 0.471 e. The molecule has 15 heavy (non-hydrogen) atoms. The summed E-state index contributed by atoms with van der Waals surface area (Å²) < 4.78 is 35.5. The first kappa shape index (κ1) is 11.5. The van der Waals surface area contributed by atoms with Gasteiger partial charge in [0.2, 0.25) is 0 Å². The lowest BCUT2D eigenvalue weighted by Gasteiger charge is -2.08. The molecule has 0 aliphatic rings. The Morgan fingerprint density at radius 2 is 2.20 bits per heavy atom. The number of halogens is 3. The van der Waals surface area contributed by atoms with Crippen molar-refractivity contribution in [3.8, 4) is 0 Å². The normalized spacial score (nSPS) is 11.2. The predicted octanol–water partition coefficient (Wildman–Crippen LogP) is 1.57. The number of hydrogen-bond acceptors (Lipinski definition) is 2. The van der Waals surface area contributed by atoms with Crippen LogP contribution < -0.4 is 5.32 Å². The number of nitrogens with zero attached hydrogens (tertiary/aromatic N) is 1. The Morgan fingerprint density at radius 1 is 1.53 bits per heavy atom. The van der Waals surface area contributed by atoms with Crippen LogP contribution in [0.3, 0.4) is 0 Å². The molecule has 3 nitrogen and oxygen atoms in total. The van der Waals surface area contributed by atoms with Gasteiger partial charge in [-0.05, 0) is 18.6 Å². The minimum Gasteiger partial charge on any atom is -0.343 e. The molecule has 0 aliphatic carbocycles. The Labute approximate surface area is 84.3 Å². The van der Waals surface area contributed by atoms with Crippen LogP contribution in [0.5, 0.6) is 0 Å². The Morgan fingerprint density at radius 3 is 2.73 bits per heavy atom. The summed E-state index contributed by atoms with van der Waals surface area (Å²) in [5, 5.41) is 1.75. The SMILES string of the molecule is Cc1cccnc1CNC(=O)C(F)(F)F. The van der Waals surface area contributed by atoms with E-state index in [9.17, 15) is 18.0 Å². The smallest absolute Gasteiger partial charge is 0.343 e. The Balaban J connectivity index is 2.59. The van der Waals surface area contributed by atoms with Gasteiger partial charge < -0.3 is 5.32 Å². The highest BCUT2D eigenvalue weighted by Crippen LogP contribution is 2.14. The number of aromatic nitrogens is 1. The molecular weight excluding hydrogens is 209 g/mol. The quantitative estimate of drug-likeness (QED) is 0.818. The second-order valence-corrected chi connectivity index (χ2v) is 2.95. The van der Waals surface area contributed by atoms with E-state index in [4.69, 9.17) is 0 Å². The molecule has 1 amide bonds. The average molecular weight is 218 g/mol. The summed E-state index contributed by atoms with van der Waals surface area (Å²) in [7, 11) is 0. The zero-order valence-electron chi connectivity index (χ0n) is 7.93. The van der Waals surface area contributed by atoms with Gasteiger partial charge in [-0.1, -0.05) is 6.07 Å².